The number of pyridine rings is 1. The van der Waals surface area contributed by atoms with Gasteiger partial charge in [-0.25, -0.2) is 4.98 Å². The Morgan fingerprint density at radius 2 is 1.79 bits per heavy atom. The van der Waals surface area contributed by atoms with Crippen molar-refractivity contribution in [2.45, 2.75) is 33.0 Å². The molecule has 0 radical (unpaired) electrons. The van der Waals surface area contributed by atoms with E-state index >= 15 is 0 Å². The summed E-state index contributed by atoms with van der Waals surface area (Å²) in [5.74, 6) is 0.808. The molecular formula is C22H30N4O2. The molecule has 1 aromatic carbocycles. The lowest BCUT2D eigenvalue weighted by Gasteiger charge is -2.36. The summed E-state index contributed by atoms with van der Waals surface area (Å²) in [4.78, 5) is 23.4. The zero-order valence-corrected chi connectivity index (χ0v) is 17.6. The molecule has 6 nitrogen and oxygen atoms in total. The van der Waals surface area contributed by atoms with Gasteiger partial charge < -0.3 is 19.4 Å². The molecular weight excluding hydrogens is 352 g/mol. The molecule has 0 saturated carbocycles. The van der Waals surface area contributed by atoms with Crippen molar-refractivity contribution in [3.63, 3.8) is 0 Å². The molecule has 28 heavy (non-hydrogen) atoms. The van der Waals surface area contributed by atoms with Gasteiger partial charge in [-0.1, -0.05) is 6.07 Å². The Kier molecular flexibility index (Phi) is 5.89. The van der Waals surface area contributed by atoms with Gasteiger partial charge in [-0.3, -0.25) is 4.79 Å². The maximum atomic E-state index is 12.9. The predicted molar refractivity (Wildman–Crippen MR) is 115 cm³/mol. The van der Waals surface area contributed by atoms with E-state index in [9.17, 15) is 4.79 Å². The third-order valence-corrected chi connectivity index (χ3v) is 5.10. The molecule has 1 fully saturated rings. The van der Waals surface area contributed by atoms with Crippen molar-refractivity contribution in [2.24, 2.45) is 0 Å². The van der Waals surface area contributed by atoms with E-state index in [-0.39, 0.29) is 18.1 Å². The molecule has 6 heteroatoms. The van der Waals surface area contributed by atoms with Crippen LogP contribution in [0.3, 0.4) is 0 Å². The van der Waals surface area contributed by atoms with E-state index in [4.69, 9.17) is 4.74 Å². The van der Waals surface area contributed by atoms with Gasteiger partial charge in [-0.2, -0.15) is 0 Å². The van der Waals surface area contributed by atoms with Gasteiger partial charge in [0.25, 0.3) is 5.91 Å². The topological polar surface area (TPSA) is 48.9 Å². The van der Waals surface area contributed by atoms with E-state index in [0.717, 1.165) is 30.3 Å². The molecule has 0 aliphatic carbocycles. The van der Waals surface area contributed by atoms with E-state index in [1.807, 2.05) is 44.4 Å². The number of amides is 1. The molecule has 150 valence electrons. The van der Waals surface area contributed by atoms with Crippen LogP contribution >= 0.6 is 0 Å². The largest absolute Gasteiger partial charge is 0.377 e. The minimum atomic E-state index is -0.0728. The van der Waals surface area contributed by atoms with Crippen LogP contribution in [0, 0.1) is 6.92 Å². The maximum Gasteiger partial charge on any atom is 0.259 e. The molecule has 0 N–H and O–H groups in total. The Morgan fingerprint density at radius 1 is 1.11 bits per heavy atom. The number of carbonyl (C=O) groups is 1. The Balaban J connectivity index is 1.76. The highest BCUT2D eigenvalue weighted by Crippen LogP contribution is 2.26. The number of hydrogen-bond donors (Lipinski definition) is 0. The van der Waals surface area contributed by atoms with Gasteiger partial charge in [0, 0.05) is 51.8 Å². The van der Waals surface area contributed by atoms with Crippen LogP contribution in [0.4, 0.5) is 17.2 Å². The van der Waals surface area contributed by atoms with Gasteiger partial charge in [-0.15, -0.1) is 0 Å². The average molecular weight is 383 g/mol. The molecule has 1 aliphatic rings. The molecule has 0 unspecified atom stereocenters. The second-order valence-corrected chi connectivity index (χ2v) is 7.80. The minimum absolute atomic E-state index is 0.0728. The van der Waals surface area contributed by atoms with Crippen molar-refractivity contribution < 1.29 is 9.53 Å². The standard InChI is InChI=1S/C22H30N4O2/c1-15-7-9-19(11-20(15)24(4)5)25(6)22(27)18-8-10-21(23-12-18)26-13-16(2)28-17(3)14-26/h7-12,16-17H,13-14H2,1-6H3/t16-,17-/m0/s1. The predicted octanol–water partition coefficient (Wildman–Crippen LogP) is 3.35. The number of rotatable bonds is 4. The van der Waals surface area contributed by atoms with E-state index < -0.39 is 0 Å². The van der Waals surface area contributed by atoms with Crippen LogP contribution in [0.5, 0.6) is 0 Å². The SMILES string of the molecule is Cc1ccc(N(C)C(=O)c2ccc(N3C[C@H](C)O[C@@H](C)C3)nc2)cc1N(C)C. The van der Waals surface area contributed by atoms with Crippen LogP contribution in [0.15, 0.2) is 36.5 Å². The summed E-state index contributed by atoms with van der Waals surface area (Å²) < 4.78 is 5.78. The zero-order chi connectivity index (χ0) is 20.4. The fourth-order valence-corrected chi connectivity index (χ4v) is 3.66. The van der Waals surface area contributed by atoms with E-state index in [1.54, 1.807) is 18.1 Å². The lowest BCUT2D eigenvalue weighted by molar-refractivity contribution is -0.00546. The van der Waals surface area contributed by atoms with Gasteiger partial charge in [0.2, 0.25) is 0 Å². The summed E-state index contributed by atoms with van der Waals surface area (Å²) in [5, 5.41) is 0. The fraction of sp³-hybridized carbons (Fsp3) is 0.455. The first-order chi connectivity index (χ1) is 13.3. The van der Waals surface area contributed by atoms with Gasteiger partial charge in [0.1, 0.15) is 5.82 Å². The average Bonchev–Trinajstić information content (AvgIpc) is 2.66. The number of morpholine rings is 1. The number of hydrogen-bond acceptors (Lipinski definition) is 5. The molecule has 2 atom stereocenters. The molecule has 3 rings (SSSR count). The Labute approximate surface area is 167 Å². The highest BCUT2D eigenvalue weighted by molar-refractivity contribution is 6.05. The first kappa shape index (κ1) is 20.1. The summed E-state index contributed by atoms with van der Waals surface area (Å²) >= 11 is 0. The van der Waals surface area contributed by atoms with Crippen LogP contribution in [0.25, 0.3) is 0 Å². The number of aryl methyl sites for hydroxylation is 1. The second-order valence-electron chi connectivity index (χ2n) is 7.80. The number of ether oxygens (including phenoxy) is 1. The third-order valence-electron chi connectivity index (χ3n) is 5.10. The van der Waals surface area contributed by atoms with Crippen molar-refractivity contribution >= 4 is 23.1 Å². The molecule has 2 aromatic rings. The third kappa shape index (κ3) is 4.28. The molecule has 1 saturated heterocycles. The smallest absolute Gasteiger partial charge is 0.259 e. The van der Waals surface area contributed by atoms with Gasteiger partial charge >= 0.3 is 0 Å². The highest BCUT2D eigenvalue weighted by atomic mass is 16.5. The normalized spacial score (nSPS) is 19.4. The fourth-order valence-electron chi connectivity index (χ4n) is 3.66. The zero-order valence-electron chi connectivity index (χ0n) is 17.6. The number of benzene rings is 1. The quantitative estimate of drug-likeness (QED) is 0.812. The van der Waals surface area contributed by atoms with Crippen LogP contribution in [0.2, 0.25) is 0 Å². The molecule has 1 aliphatic heterocycles. The summed E-state index contributed by atoms with van der Waals surface area (Å²) in [5.41, 5.74) is 3.71. The second kappa shape index (κ2) is 8.19. The summed E-state index contributed by atoms with van der Waals surface area (Å²) in [6.07, 6.45) is 2.01. The molecule has 2 heterocycles. The molecule has 1 amide bonds. The van der Waals surface area contributed by atoms with Gasteiger partial charge in [0.05, 0.1) is 17.8 Å². The maximum absolute atomic E-state index is 12.9. The van der Waals surface area contributed by atoms with Crippen molar-refractivity contribution in [1.29, 1.82) is 0 Å². The number of nitrogens with zero attached hydrogens (tertiary/aromatic N) is 4. The van der Waals surface area contributed by atoms with Crippen molar-refractivity contribution in [3.8, 4) is 0 Å². The van der Waals surface area contributed by atoms with Crippen molar-refractivity contribution in [3.05, 3.63) is 47.7 Å². The van der Waals surface area contributed by atoms with E-state index in [1.165, 1.54) is 5.56 Å². The highest BCUT2D eigenvalue weighted by Gasteiger charge is 2.23. The van der Waals surface area contributed by atoms with Crippen LogP contribution < -0.4 is 14.7 Å². The monoisotopic (exact) mass is 382 g/mol. The Hall–Kier alpha value is -2.60. The summed E-state index contributed by atoms with van der Waals surface area (Å²) in [7, 11) is 5.81. The summed E-state index contributed by atoms with van der Waals surface area (Å²) in [6.45, 7) is 7.82. The van der Waals surface area contributed by atoms with E-state index in [0.29, 0.717) is 5.56 Å². The van der Waals surface area contributed by atoms with Crippen molar-refractivity contribution in [1.82, 2.24) is 4.98 Å². The van der Waals surface area contributed by atoms with E-state index in [2.05, 4.69) is 35.6 Å². The lowest BCUT2D eigenvalue weighted by Crippen LogP contribution is -2.45. The van der Waals surface area contributed by atoms with Crippen molar-refractivity contribution in [2.75, 3.05) is 48.9 Å². The van der Waals surface area contributed by atoms with Crippen LogP contribution in [-0.4, -0.2) is 57.3 Å². The molecule has 1 aromatic heterocycles. The first-order valence-electron chi connectivity index (χ1n) is 9.68. The molecule has 0 spiro atoms. The number of aromatic nitrogens is 1. The van der Waals surface area contributed by atoms with Gasteiger partial charge in [0.15, 0.2) is 0 Å². The number of carbonyl (C=O) groups excluding carboxylic acids is 1. The minimum Gasteiger partial charge on any atom is -0.377 e. The van der Waals surface area contributed by atoms with Gasteiger partial charge in [-0.05, 0) is 50.6 Å². The first-order valence-corrected chi connectivity index (χ1v) is 9.68. The van der Waals surface area contributed by atoms with Crippen LogP contribution in [-0.2, 0) is 4.74 Å². The lowest BCUT2D eigenvalue weighted by atomic mass is 10.1. The summed E-state index contributed by atoms with van der Waals surface area (Å²) in [6, 6.07) is 9.82. The van der Waals surface area contributed by atoms with Crippen LogP contribution in [0.1, 0.15) is 29.8 Å². The Morgan fingerprint density at radius 3 is 2.36 bits per heavy atom. The Bertz CT molecular complexity index is 825. The number of anilines is 3. The molecule has 0 bridgehead atoms.